The summed E-state index contributed by atoms with van der Waals surface area (Å²) in [6.45, 7) is 10.9. The molecule has 1 atom stereocenters. The lowest BCUT2D eigenvalue weighted by molar-refractivity contribution is 0.173. The topological polar surface area (TPSA) is 23.5 Å². The Hall–Kier alpha value is -1.02. The van der Waals surface area contributed by atoms with Crippen molar-refractivity contribution in [1.29, 1.82) is 0 Å². The minimum atomic E-state index is -0.330. The van der Waals surface area contributed by atoms with E-state index in [9.17, 15) is 5.11 Å². The zero-order valence-corrected chi connectivity index (χ0v) is 12.9. The molecule has 0 aliphatic rings. The Morgan fingerprint density at radius 3 is 1.95 bits per heavy atom. The standard InChI is InChI=1S/C17H29NO/c1-5-14(6-2)13-18(8-4)16-11-9-15(10-12-16)17(19)7-3/h9-12,14,17,19H,5-8,13H2,1-4H3/t17-/m1/s1. The summed E-state index contributed by atoms with van der Waals surface area (Å²) in [4.78, 5) is 2.43. The van der Waals surface area contributed by atoms with Crippen molar-refractivity contribution in [3.63, 3.8) is 0 Å². The van der Waals surface area contributed by atoms with Crippen molar-refractivity contribution in [2.75, 3.05) is 18.0 Å². The minimum absolute atomic E-state index is 0.330. The lowest BCUT2D eigenvalue weighted by atomic mass is 10.0. The van der Waals surface area contributed by atoms with Crippen molar-refractivity contribution in [1.82, 2.24) is 0 Å². The summed E-state index contributed by atoms with van der Waals surface area (Å²) in [5.74, 6) is 0.765. The number of anilines is 1. The first kappa shape index (κ1) is 16.0. The normalized spacial score (nSPS) is 12.7. The zero-order chi connectivity index (χ0) is 14.3. The Labute approximate surface area is 118 Å². The molecule has 0 aromatic heterocycles. The zero-order valence-electron chi connectivity index (χ0n) is 12.9. The fourth-order valence-corrected chi connectivity index (χ4v) is 2.42. The van der Waals surface area contributed by atoms with Crippen molar-refractivity contribution in [3.05, 3.63) is 29.8 Å². The van der Waals surface area contributed by atoms with Gasteiger partial charge in [-0.15, -0.1) is 0 Å². The molecule has 0 aliphatic carbocycles. The molecular formula is C17H29NO. The van der Waals surface area contributed by atoms with Crippen LogP contribution in [0.3, 0.4) is 0 Å². The smallest absolute Gasteiger partial charge is 0.0787 e. The molecule has 1 rings (SSSR count). The predicted molar refractivity (Wildman–Crippen MR) is 83.7 cm³/mol. The molecule has 0 fully saturated rings. The Morgan fingerprint density at radius 2 is 1.53 bits per heavy atom. The van der Waals surface area contributed by atoms with E-state index in [1.807, 2.05) is 6.92 Å². The van der Waals surface area contributed by atoms with Gasteiger partial charge in [-0.2, -0.15) is 0 Å². The number of rotatable bonds is 8. The van der Waals surface area contributed by atoms with Crippen LogP contribution in [0.5, 0.6) is 0 Å². The molecule has 0 aliphatic heterocycles. The van der Waals surface area contributed by atoms with Crippen molar-refractivity contribution >= 4 is 5.69 Å². The van der Waals surface area contributed by atoms with Crippen LogP contribution in [0, 0.1) is 5.92 Å². The Morgan fingerprint density at radius 1 is 0.947 bits per heavy atom. The van der Waals surface area contributed by atoms with Gasteiger partial charge in [-0.1, -0.05) is 45.7 Å². The SMILES string of the molecule is CCC(CC)CN(CC)c1ccc([C@H](O)CC)cc1. The van der Waals surface area contributed by atoms with Gasteiger partial charge >= 0.3 is 0 Å². The van der Waals surface area contributed by atoms with E-state index in [0.29, 0.717) is 0 Å². The quantitative estimate of drug-likeness (QED) is 0.751. The molecule has 0 spiro atoms. The number of benzene rings is 1. The van der Waals surface area contributed by atoms with Crippen LogP contribution in [-0.2, 0) is 0 Å². The van der Waals surface area contributed by atoms with Gasteiger partial charge in [0.1, 0.15) is 0 Å². The molecular weight excluding hydrogens is 234 g/mol. The van der Waals surface area contributed by atoms with Crippen LogP contribution >= 0.6 is 0 Å². The maximum atomic E-state index is 9.82. The Bertz CT molecular complexity index is 343. The molecule has 1 N–H and O–H groups in total. The average molecular weight is 263 g/mol. The van der Waals surface area contributed by atoms with Gasteiger partial charge < -0.3 is 10.0 Å². The van der Waals surface area contributed by atoms with E-state index in [1.54, 1.807) is 0 Å². The van der Waals surface area contributed by atoms with E-state index < -0.39 is 0 Å². The van der Waals surface area contributed by atoms with Gasteiger partial charge in [-0.25, -0.2) is 0 Å². The minimum Gasteiger partial charge on any atom is -0.388 e. The summed E-state index contributed by atoms with van der Waals surface area (Å²) in [5, 5.41) is 9.82. The van der Waals surface area contributed by atoms with Crippen molar-refractivity contribution < 1.29 is 5.11 Å². The van der Waals surface area contributed by atoms with Crippen molar-refractivity contribution in [2.24, 2.45) is 5.92 Å². The van der Waals surface area contributed by atoms with Crippen LogP contribution in [0.25, 0.3) is 0 Å². The third-order valence-corrected chi connectivity index (χ3v) is 4.04. The van der Waals surface area contributed by atoms with Crippen LogP contribution in [0.2, 0.25) is 0 Å². The van der Waals surface area contributed by atoms with Gasteiger partial charge in [-0.05, 0) is 37.0 Å². The molecule has 0 saturated heterocycles. The summed E-state index contributed by atoms with van der Waals surface area (Å²) in [5.41, 5.74) is 2.28. The molecule has 0 amide bonds. The van der Waals surface area contributed by atoms with Gasteiger partial charge in [0.2, 0.25) is 0 Å². The van der Waals surface area contributed by atoms with E-state index in [1.165, 1.54) is 18.5 Å². The van der Waals surface area contributed by atoms with Gasteiger partial charge in [0.15, 0.2) is 0 Å². The molecule has 0 heterocycles. The molecule has 0 saturated carbocycles. The summed E-state index contributed by atoms with van der Waals surface area (Å²) < 4.78 is 0. The monoisotopic (exact) mass is 263 g/mol. The van der Waals surface area contributed by atoms with E-state index in [4.69, 9.17) is 0 Å². The van der Waals surface area contributed by atoms with Crippen LogP contribution in [0.4, 0.5) is 5.69 Å². The maximum Gasteiger partial charge on any atom is 0.0787 e. The molecule has 108 valence electrons. The Balaban J connectivity index is 2.76. The predicted octanol–water partition coefficient (Wildman–Crippen LogP) is 4.39. The Kier molecular flexibility index (Phi) is 6.93. The second-order valence-electron chi connectivity index (χ2n) is 5.24. The summed E-state index contributed by atoms with van der Waals surface area (Å²) in [6.07, 6.45) is 2.91. The first-order valence-corrected chi connectivity index (χ1v) is 7.69. The third kappa shape index (κ3) is 4.54. The molecule has 0 unspecified atom stereocenters. The first-order chi connectivity index (χ1) is 9.15. The largest absolute Gasteiger partial charge is 0.388 e. The maximum absolute atomic E-state index is 9.82. The van der Waals surface area contributed by atoms with Gasteiger partial charge in [0.25, 0.3) is 0 Å². The molecule has 2 nitrogen and oxygen atoms in total. The number of aliphatic hydroxyl groups is 1. The highest BCUT2D eigenvalue weighted by molar-refractivity contribution is 5.47. The lowest BCUT2D eigenvalue weighted by Crippen LogP contribution is -2.28. The third-order valence-electron chi connectivity index (χ3n) is 4.04. The average Bonchev–Trinajstić information content (AvgIpc) is 2.48. The molecule has 0 radical (unpaired) electrons. The first-order valence-electron chi connectivity index (χ1n) is 7.69. The number of aliphatic hydroxyl groups excluding tert-OH is 1. The van der Waals surface area contributed by atoms with Crippen LogP contribution in [-0.4, -0.2) is 18.2 Å². The fourth-order valence-electron chi connectivity index (χ4n) is 2.42. The van der Waals surface area contributed by atoms with Crippen molar-refractivity contribution in [3.8, 4) is 0 Å². The number of hydrogen-bond acceptors (Lipinski definition) is 2. The van der Waals surface area contributed by atoms with E-state index in [0.717, 1.165) is 31.0 Å². The molecule has 19 heavy (non-hydrogen) atoms. The van der Waals surface area contributed by atoms with E-state index >= 15 is 0 Å². The number of hydrogen-bond donors (Lipinski definition) is 1. The highest BCUT2D eigenvalue weighted by Crippen LogP contribution is 2.22. The van der Waals surface area contributed by atoms with Crippen LogP contribution < -0.4 is 4.90 Å². The highest BCUT2D eigenvalue weighted by atomic mass is 16.3. The van der Waals surface area contributed by atoms with Gasteiger partial charge in [-0.3, -0.25) is 0 Å². The van der Waals surface area contributed by atoms with Crippen LogP contribution in [0.15, 0.2) is 24.3 Å². The lowest BCUT2D eigenvalue weighted by Gasteiger charge is -2.27. The number of nitrogens with zero attached hydrogens (tertiary/aromatic N) is 1. The van der Waals surface area contributed by atoms with Gasteiger partial charge in [0, 0.05) is 18.8 Å². The summed E-state index contributed by atoms with van der Waals surface area (Å²) in [7, 11) is 0. The summed E-state index contributed by atoms with van der Waals surface area (Å²) in [6, 6.07) is 8.39. The second-order valence-corrected chi connectivity index (χ2v) is 5.24. The second kappa shape index (κ2) is 8.21. The molecule has 1 aromatic carbocycles. The van der Waals surface area contributed by atoms with E-state index in [-0.39, 0.29) is 6.10 Å². The molecule has 0 bridgehead atoms. The fraction of sp³-hybridized carbons (Fsp3) is 0.647. The van der Waals surface area contributed by atoms with Crippen LogP contribution in [0.1, 0.15) is 58.6 Å². The van der Waals surface area contributed by atoms with Crippen molar-refractivity contribution in [2.45, 2.75) is 53.1 Å². The van der Waals surface area contributed by atoms with E-state index in [2.05, 4.69) is 49.9 Å². The molecule has 1 aromatic rings. The highest BCUT2D eigenvalue weighted by Gasteiger charge is 2.11. The molecule has 2 heteroatoms. The summed E-state index contributed by atoms with van der Waals surface area (Å²) >= 11 is 0. The van der Waals surface area contributed by atoms with Gasteiger partial charge in [0.05, 0.1) is 6.10 Å².